The van der Waals surface area contributed by atoms with Crippen LogP contribution in [0, 0.1) is 0 Å². The molecule has 1 saturated heterocycles. The Bertz CT molecular complexity index is 234. The van der Waals surface area contributed by atoms with Gasteiger partial charge in [0.25, 0.3) is 5.79 Å². The van der Waals surface area contributed by atoms with Gasteiger partial charge in [0.15, 0.2) is 0 Å². The molecule has 1 aliphatic rings. The summed E-state index contributed by atoms with van der Waals surface area (Å²) in [5, 5.41) is 0. The Balaban J connectivity index is 2.67. The molecule has 1 rings (SSSR count). The third-order valence-corrected chi connectivity index (χ3v) is 2.71. The van der Waals surface area contributed by atoms with Crippen molar-refractivity contribution < 1.29 is 19.1 Å². The van der Waals surface area contributed by atoms with Gasteiger partial charge in [0.2, 0.25) is 0 Å². The van der Waals surface area contributed by atoms with Gasteiger partial charge in [0, 0.05) is 12.8 Å². The van der Waals surface area contributed by atoms with E-state index >= 15 is 0 Å². The standard InChI is InChI=1S/C12H20O4/c1-3-5-7-12(8-6-4-2)15-10(13)9-11(14)16-12/h3-9H2,1-2H3. The molecular formula is C12H20O4. The lowest BCUT2D eigenvalue weighted by Crippen LogP contribution is -2.45. The van der Waals surface area contributed by atoms with Crippen molar-refractivity contribution in [3.05, 3.63) is 0 Å². The van der Waals surface area contributed by atoms with E-state index in [4.69, 9.17) is 9.47 Å². The Hall–Kier alpha value is -1.06. The molecule has 92 valence electrons. The Morgan fingerprint density at radius 1 is 1.00 bits per heavy atom. The van der Waals surface area contributed by atoms with E-state index in [0.29, 0.717) is 12.8 Å². The Morgan fingerprint density at radius 2 is 1.44 bits per heavy atom. The van der Waals surface area contributed by atoms with E-state index in [1.54, 1.807) is 0 Å². The summed E-state index contributed by atoms with van der Waals surface area (Å²) in [6, 6.07) is 0. The Kier molecular flexibility index (Phi) is 4.77. The van der Waals surface area contributed by atoms with Crippen LogP contribution in [0.2, 0.25) is 0 Å². The van der Waals surface area contributed by atoms with E-state index in [1.165, 1.54) is 0 Å². The monoisotopic (exact) mass is 228 g/mol. The van der Waals surface area contributed by atoms with Gasteiger partial charge in [0.05, 0.1) is 0 Å². The summed E-state index contributed by atoms with van der Waals surface area (Å²) in [6.45, 7) is 4.11. The minimum absolute atomic E-state index is 0.250. The normalized spacial score (nSPS) is 19.1. The van der Waals surface area contributed by atoms with E-state index in [0.717, 1.165) is 25.7 Å². The Labute approximate surface area is 96.3 Å². The molecule has 1 heterocycles. The Morgan fingerprint density at radius 3 is 1.81 bits per heavy atom. The van der Waals surface area contributed by atoms with Crippen molar-refractivity contribution >= 4 is 11.9 Å². The van der Waals surface area contributed by atoms with Gasteiger partial charge in [-0.2, -0.15) is 0 Å². The molecule has 1 fully saturated rings. The zero-order valence-electron chi connectivity index (χ0n) is 10.1. The maximum atomic E-state index is 11.3. The minimum Gasteiger partial charge on any atom is -0.422 e. The highest BCUT2D eigenvalue weighted by Gasteiger charge is 2.42. The maximum absolute atomic E-state index is 11.3. The van der Waals surface area contributed by atoms with Crippen LogP contribution in [0.5, 0.6) is 0 Å². The minimum atomic E-state index is -0.974. The van der Waals surface area contributed by atoms with Gasteiger partial charge in [-0.25, -0.2) is 0 Å². The lowest BCUT2D eigenvalue weighted by Gasteiger charge is -2.35. The van der Waals surface area contributed by atoms with E-state index < -0.39 is 17.7 Å². The van der Waals surface area contributed by atoms with Crippen molar-refractivity contribution in [2.75, 3.05) is 0 Å². The third-order valence-electron chi connectivity index (χ3n) is 2.71. The molecule has 0 aromatic carbocycles. The van der Waals surface area contributed by atoms with Gasteiger partial charge in [-0.1, -0.05) is 26.7 Å². The lowest BCUT2D eigenvalue weighted by molar-refractivity contribution is -0.249. The number of cyclic esters (lactones) is 2. The maximum Gasteiger partial charge on any atom is 0.320 e. The van der Waals surface area contributed by atoms with Gasteiger partial charge < -0.3 is 9.47 Å². The first-order valence-electron chi connectivity index (χ1n) is 6.05. The lowest BCUT2D eigenvalue weighted by atomic mass is 10.0. The van der Waals surface area contributed by atoms with E-state index in [9.17, 15) is 9.59 Å². The fourth-order valence-electron chi connectivity index (χ4n) is 1.85. The summed E-state index contributed by atoms with van der Waals surface area (Å²) in [5.74, 6) is -1.88. The number of rotatable bonds is 6. The van der Waals surface area contributed by atoms with Crippen LogP contribution in [0.1, 0.15) is 58.8 Å². The van der Waals surface area contributed by atoms with Gasteiger partial charge in [-0.15, -0.1) is 0 Å². The molecule has 0 atom stereocenters. The van der Waals surface area contributed by atoms with E-state index in [1.807, 2.05) is 0 Å². The van der Waals surface area contributed by atoms with Crippen molar-refractivity contribution in [1.82, 2.24) is 0 Å². The predicted octanol–water partition coefficient (Wildman–Crippen LogP) is 2.55. The van der Waals surface area contributed by atoms with Crippen LogP contribution in [-0.4, -0.2) is 17.7 Å². The molecule has 4 nitrogen and oxygen atoms in total. The average molecular weight is 228 g/mol. The van der Waals surface area contributed by atoms with Crippen molar-refractivity contribution in [1.29, 1.82) is 0 Å². The molecule has 0 bridgehead atoms. The highest BCUT2D eigenvalue weighted by Crippen LogP contribution is 2.31. The summed E-state index contributed by atoms with van der Waals surface area (Å²) in [5.41, 5.74) is 0. The summed E-state index contributed by atoms with van der Waals surface area (Å²) in [7, 11) is 0. The first-order chi connectivity index (χ1) is 7.62. The van der Waals surface area contributed by atoms with Crippen molar-refractivity contribution in [2.45, 2.75) is 64.6 Å². The number of carbonyl (C=O) groups excluding carboxylic acids is 2. The molecular weight excluding hydrogens is 208 g/mol. The summed E-state index contributed by atoms with van der Waals surface area (Å²) in [6.07, 6.45) is 4.74. The summed E-state index contributed by atoms with van der Waals surface area (Å²) >= 11 is 0. The van der Waals surface area contributed by atoms with Gasteiger partial charge >= 0.3 is 11.9 Å². The zero-order chi connectivity index (χ0) is 12.0. The fourth-order valence-corrected chi connectivity index (χ4v) is 1.85. The summed E-state index contributed by atoms with van der Waals surface area (Å²) in [4.78, 5) is 22.6. The van der Waals surface area contributed by atoms with Crippen molar-refractivity contribution in [3.8, 4) is 0 Å². The fraction of sp³-hybridized carbons (Fsp3) is 0.833. The molecule has 4 heteroatoms. The van der Waals surface area contributed by atoms with Crippen LogP contribution >= 0.6 is 0 Å². The SMILES string of the molecule is CCCCC1(CCCC)OC(=O)CC(=O)O1. The number of hydrogen-bond acceptors (Lipinski definition) is 4. The second-order valence-electron chi connectivity index (χ2n) is 4.24. The van der Waals surface area contributed by atoms with Crippen LogP contribution in [0.25, 0.3) is 0 Å². The number of unbranched alkanes of at least 4 members (excludes halogenated alkanes) is 2. The quantitative estimate of drug-likeness (QED) is 0.518. The first kappa shape index (κ1) is 13.0. The number of hydrogen-bond donors (Lipinski definition) is 0. The molecule has 16 heavy (non-hydrogen) atoms. The number of carbonyl (C=O) groups is 2. The highest BCUT2D eigenvalue weighted by molar-refractivity contribution is 5.93. The van der Waals surface area contributed by atoms with Gasteiger partial charge in [-0.3, -0.25) is 9.59 Å². The topological polar surface area (TPSA) is 52.6 Å². The molecule has 0 saturated carbocycles. The van der Waals surface area contributed by atoms with Crippen LogP contribution in [0.15, 0.2) is 0 Å². The van der Waals surface area contributed by atoms with Crippen LogP contribution < -0.4 is 0 Å². The largest absolute Gasteiger partial charge is 0.422 e. The third kappa shape index (κ3) is 3.51. The predicted molar refractivity (Wildman–Crippen MR) is 58.6 cm³/mol. The molecule has 0 amide bonds. The van der Waals surface area contributed by atoms with Crippen LogP contribution in [0.4, 0.5) is 0 Å². The van der Waals surface area contributed by atoms with Crippen LogP contribution in [0.3, 0.4) is 0 Å². The summed E-state index contributed by atoms with van der Waals surface area (Å²) < 4.78 is 10.5. The molecule has 0 radical (unpaired) electrons. The van der Waals surface area contributed by atoms with Crippen molar-refractivity contribution in [2.24, 2.45) is 0 Å². The molecule has 0 aliphatic carbocycles. The molecule has 0 spiro atoms. The molecule has 0 N–H and O–H groups in total. The molecule has 0 unspecified atom stereocenters. The molecule has 0 aromatic heterocycles. The second kappa shape index (κ2) is 5.87. The number of ether oxygens (including phenoxy) is 2. The smallest absolute Gasteiger partial charge is 0.320 e. The van der Waals surface area contributed by atoms with E-state index in [2.05, 4.69) is 13.8 Å². The van der Waals surface area contributed by atoms with E-state index in [-0.39, 0.29) is 6.42 Å². The second-order valence-corrected chi connectivity index (χ2v) is 4.24. The molecule has 1 aliphatic heterocycles. The van der Waals surface area contributed by atoms with Gasteiger partial charge in [-0.05, 0) is 12.8 Å². The first-order valence-corrected chi connectivity index (χ1v) is 6.05. The van der Waals surface area contributed by atoms with Crippen molar-refractivity contribution in [3.63, 3.8) is 0 Å². The highest BCUT2D eigenvalue weighted by atomic mass is 16.7. The van der Waals surface area contributed by atoms with Crippen LogP contribution in [-0.2, 0) is 19.1 Å². The zero-order valence-corrected chi connectivity index (χ0v) is 10.1. The molecule has 0 aromatic rings. The van der Waals surface area contributed by atoms with Gasteiger partial charge in [0.1, 0.15) is 6.42 Å². The average Bonchev–Trinajstić information content (AvgIpc) is 2.22. The number of esters is 2.